The second-order valence-electron chi connectivity index (χ2n) is 4.72. The third-order valence-electron chi connectivity index (χ3n) is 2.98. The molecule has 1 aliphatic heterocycles. The SMILES string of the molecule is O=C1\C=C/C=C\C=C/C=C\C(=O)CC2=CC=C/C2=C/C=P\N=C/1. The van der Waals surface area contributed by atoms with Crippen molar-refractivity contribution in [2.75, 3.05) is 0 Å². The van der Waals surface area contributed by atoms with Crippen molar-refractivity contribution in [2.45, 2.75) is 6.42 Å². The van der Waals surface area contributed by atoms with Crippen molar-refractivity contribution in [2.24, 2.45) is 4.76 Å². The molecule has 0 aromatic rings. The molecule has 0 aromatic heterocycles. The van der Waals surface area contributed by atoms with Crippen molar-refractivity contribution in [3.8, 4) is 0 Å². The van der Waals surface area contributed by atoms with Crippen molar-refractivity contribution in [3.63, 3.8) is 0 Å². The second kappa shape index (κ2) is 9.39. The van der Waals surface area contributed by atoms with Crippen LogP contribution in [-0.4, -0.2) is 23.6 Å². The van der Waals surface area contributed by atoms with Gasteiger partial charge in [0.25, 0.3) is 0 Å². The Hall–Kier alpha value is -2.64. The van der Waals surface area contributed by atoms with Crippen LogP contribution in [0.1, 0.15) is 6.42 Å². The molecule has 0 fully saturated rings. The first-order valence-electron chi connectivity index (χ1n) is 7.15. The Bertz CT molecular complexity index is 741. The molecule has 1 heterocycles. The zero-order valence-corrected chi connectivity index (χ0v) is 13.4. The summed E-state index contributed by atoms with van der Waals surface area (Å²) in [6, 6.07) is 0. The summed E-state index contributed by atoms with van der Waals surface area (Å²) < 4.78 is 4.03. The van der Waals surface area contributed by atoms with Gasteiger partial charge in [0.05, 0.1) is 6.21 Å². The van der Waals surface area contributed by atoms with Gasteiger partial charge in [-0.25, -0.2) is 4.76 Å². The van der Waals surface area contributed by atoms with Crippen LogP contribution in [0.3, 0.4) is 0 Å². The first kappa shape index (κ1) is 16.7. The molecular formula is C19H16NO2P. The molecule has 2 rings (SSSR count). The van der Waals surface area contributed by atoms with E-state index >= 15 is 0 Å². The molecule has 0 radical (unpaired) electrons. The number of hydrogen-bond donors (Lipinski definition) is 0. The molecule has 0 bridgehead atoms. The van der Waals surface area contributed by atoms with Crippen LogP contribution >= 0.6 is 8.35 Å². The second-order valence-corrected chi connectivity index (χ2v) is 5.48. The average Bonchev–Trinajstić information content (AvgIpc) is 2.96. The van der Waals surface area contributed by atoms with Crippen LogP contribution in [0.5, 0.6) is 0 Å². The number of allylic oxidation sites excluding steroid dienone is 14. The predicted molar refractivity (Wildman–Crippen MR) is 98.0 cm³/mol. The summed E-state index contributed by atoms with van der Waals surface area (Å²) in [6.45, 7) is 0. The number of carbonyl (C=O) groups is 2. The predicted octanol–water partition coefficient (Wildman–Crippen LogP) is 3.91. The van der Waals surface area contributed by atoms with Crippen molar-refractivity contribution in [1.82, 2.24) is 0 Å². The molecule has 3 nitrogen and oxygen atoms in total. The summed E-state index contributed by atoms with van der Waals surface area (Å²) in [7, 11) is 0.676. The van der Waals surface area contributed by atoms with Gasteiger partial charge in [0, 0.05) is 14.8 Å². The minimum absolute atomic E-state index is 0.0571. The van der Waals surface area contributed by atoms with Gasteiger partial charge >= 0.3 is 0 Å². The monoisotopic (exact) mass is 321 g/mol. The van der Waals surface area contributed by atoms with E-state index in [1.165, 1.54) is 12.3 Å². The topological polar surface area (TPSA) is 46.5 Å². The van der Waals surface area contributed by atoms with Gasteiger partial charge in [-0.15, -0.1) is 0 Å². The van der Waals surface area contributed by atoms with Crippen molar-refractivity contribution < 1.29 is 9.59 Å². The Morgan fingerprint density at radius 3 is 2.39 bits per heavy atom. The van der Waals surface area contributed by atoms with E-state index in [1.807, 2.05) is 30.1 Å². The molecule has 0 spiro atoms. The largest absolute Gasteiger partial charge is 0.294 e. The van der Waals surface area contributed by atoms with Crippen LogP contribution in [0.25, 0.3) is 0 Å². The number of nitrogens with zero attached hydrogens (tertiary/aromatic N) is 1. The Labute approximate surface area is 137 Å². The molecule has 0 atom stereocenters. The zero-order valence-electron chi connectivity index (χ0n) is 12.5. The van der Waals surface area contributed by atoms with Gasteiger partial charge < -0.3 is 0 Å². The lowest BCUT2D eigenvalue weighted by Crippen LogP contribution is -1.96. The van der Waals surface area contributed by atoms with Crippen LogP contribution < -0.4 is 0 Å². The number of carbonyl (C=O) groups excluding carboxylic acids is 2. The average molecular weight is 321 g/mol. The van der Waals surface area contributed by atoms with E-state index in [0.717, 1.165) is 11.1 Å². The lowest BCUT2D eigenvalue weighted by Gasteiger charge is -2.01. The molecule has 4 heteroatoms. The molecule has 23 heavy (non-hydrogen) atoms. The van der Waals surface area contributed by atoms with E-state index in [1.54, 1.807) is 42.5 Å². The minimum atomic E-state index is -0.153. The molecule has 0 saturated carbocycles. The van der Waals surface area contributed by atoms with E-state index in [0.29, 0.717) is 14.8 Å². The third kappa shape index (κ3) is 6.33. The molecule has 1 aliphatic carbocycles. The van der Waals surface area contributed by atoms with Crippen molar-refractivity contribution in [1.29, 1.82) is 0 Å². The zero-order chi connectivity index (χ0) is 16.3. The molecule has 114 valence electrons. The molecule has 0 aromatic carbocycles. The van der Waals surface area contributed by atoms with Crippen LogP contribution in [0, 0.1) is 0 Å². The maximum Gasteiger partial charge on any atom is 0.197 e. The van der Waals surface area contributed by atoms with Gasteiger partial charge in [-0.05, 0) is 35.2 Å². The lowest BCUT2D eigenvalue weighted by atomic mass is 10.0. The summed E-state index contributed by atoms with van der Waals surface area (Å²) in [5.74, 6) is 1.75. The highest BCUT2D eigenvalue weighted by Crippen LogP contribution is 2.21. The summed E-state index contributed by atoms with van der Waals surface area (Å²) in [5.41, 5.74) is 1.99. The Morgan fingerprint density at radius 2 is 1.57 bits per heavy atom. The van der Waals surface area contributed by atoms with Gasteiger partial charge in [-0.2, -0.15) is 0 Å². The van der Waals surface area contributed by atoms with E-state index < -0.39 is 0 Å². The summed E-state index contributed by atoms with van der Waals surface area (Å²) >= 11 is 0. The molecule has 0 N–H and O–H groups in total. The molecule has 2 aliphatic rings. The maximum absolute atomic E-state index is 11.9. The highest BCUT2D eigenvalue weighted by atomic mass is 31.1. The standard InChI is InChI=1S/C19H16NO2P/c21-18-10-5-3-1-2-4-6-11-19(22)15-20-23-13-12-16-8-7-9-17(16)14-18/h1-13,15H,14H2/b3-1-,4-2-,10-5-,11-6-,16-12-,20-15-. The quantitative estimate of drug-likeness (QED) is 0.635. The Morgan fingerprint density at radius 1 is 0.826 bits per heavy atom. The number of fused-ring (bicyclic) bond motifs is 1. The van der Waals surface area contributed by atoms with Crippen LogP contribution in [0.2, 0.25) is 0 Å². The minimum Gasteiger partial charge on any atom is -0.294 e. The van der Waals surface area contributed by atoms with E-state index in [9.17, 15) is 9.59 Å². The first-order chi connectivity index (χ1) is 11.3. The van der Waals surface area contributed by atoms with Crippen LogP contribution in [0.15, 0.2) is 88.8 Å². The fraction of sp³-hybridized carbons (Fsp3) is 0.0526. The van der Waals surface area contributed by atoms with E-state index in [-0.39, 0.29) is 11.6 Å². The maximum atomic E-state index is 11.9. The Kier molecular flexibility index (Phi) is 6.83. The third-order valence-corrected chi connectivity index (χ3v) is 3.51. The highest BCUT2D eigenvalue weighted by molar-refractivity contribution is 7.37. The van der Waals surface area contributed by atoms with Crippen LogP contribution in [0.4, 0.5) is 0 Å². The molecule has 0 unspecified atom stereocenters. The summed E-state index contributed by atoms with van der Waals surface area (Å²) in [5, 5.41) is 0. The highest BCUT2D eigenvalue weighted by Gasteiger charge is 2.08. The molecule has 0 saturated heterocycles. The number of rotatable bonds is 0. The van der Waals surface area contributed by atoms with Crippen molar-refractivity contribution in [3.05, 3.63) is 84.1 Å². The summed E-state index contributed by atoms with van der Waals surface area (Å²) in [4.78, 5) is 23.4. The van der Waals surface area contributed by atoms with Gasteiger partial charge in [-0.1, -0.05) is 54.7 Å². The fourth-order valence-electron chi connectivity index (χ4n) is 1.90. The smallest absolute Gasteiger partial charge is 0.197 e. The van der Waals surface area contributed by atoms with Gasteiger partial charge in [0.2, 0.25) is 0 Å². The van der Waals surface area contributed by atoms with E-state index in [4.69, 9.17) is 0 Å². The normalized spacial score (nSPS) is 29.2. The Balaban J connectivity index is 2.19. The lowest BCUT2D eigenvalue weighted by molar-refractivity contribution is -0.114. The number of hydrogen-bond acceptors (Lipinski definition) is 3. The van der Waals surface area contributed by atoms with E-state index in [2.05, 4.69) is 4.76 Å². The van der Waals surface area contributed by atoms with Gasteiger partial charge in [0.15, 0.2) is 11.6 Å². The molecular weight excluding hydrogens is 305 g/mol. The fourth-order valence-corrected chi connectivity index (χ4v) is 2.38. The van der Waals surface area contributed by atoms with Crippen molar-refractivity contribution >= 4 is 31.9 Å². The summed E-state index contributed by atoms with van der Waals surface area (Å²) in [6.07, 6.45) is 22.9. The van der Waals surface area contributed by atoms with Crippen LogP contribution in [-0.2, 0) is 9.59 Å². The number of ketones is 2. The van der Waals surface area contributed by atoms with Gasteiger partial charge in [0.1, 0.15) is 0 Å². The molecule has 0 amide bonds. The first-order valence-corrected chi connectivity index (χ1v) is 8.06. The van der Waals surface area contributed by atoms with Gasteiger partial charge in [-0.3, -0.25) is 9.59 Å².